The number of aromatic nitrogens is 2. The molecule has 134 valence electrons. The highest BCUT2D eigenvalue weighted by Gasteiger charge is 2.19. The minimum absolute atomic E-state index is 0.0469. The van der Waals surface area contributed by atoms with E-state index in [-0.39, 0.29) is 12.3 Å². The minimum Gasteiger partial charge on any atom is -0.481 e. The molecule has 0 saturated carbocycles. The maximum absolute atomic E-state index is 12.9. The quantitative estimate of drug-likeness (QED) is 0.662. The van der Waals surface area contributed by atoms with Gasteiger partial charge in [0.15, 0.2) is 0 Å². The lowest BCUT2D eigenvalue weighted by molar-refractivity contribution is -0.136. The Morgan fingerprint density at radius 3 is 2.58 bits per heavy atom. The number of halogens is 1. The molecular weight excluding hydrogens is 398 g/mol. The number of aryl methyl sites for hydroxylation is 2. The molecule has 0 unspecified atom stereocenters. The van der Waals surface area contributed by atoms with Crippen molar-refractivity contribution in [2.75, 3.05) is 5.32 Å². The molecule has 0 aliphatic carbocycles. The fourth-order valence-corrected chi connectivity index (χ4v) is 3.42. The Hall–Kier alpha value is -2.67. The highest BCUT2D eigenvalue weighted by Crippen LogP contribution is 2.22. The number of nitrogens with zero attached hydrogens (tertiary/aromatic N) is 2. The molecule has 1 amide bonds. The number of anilines is 1. The molecule has 6 nitrogen and oxygen atoms in total. The summed E-state index contributed by atoms with van der Waals surface area (Å²) in [7, 11) is 0. The van der Waals surface area contributed by atoms with Crippen molar-refractivity contribution in [1.82, 2.24) is 9.38 Å². The highest BCUT2D eigenvalue weighted by molar-refractivity contribution is 9.10. The molecule has 3 rings (SSSR count). The van der Waals surface area contributed by atoms with Gasteiger partial charge in [-0.05, 0) is 58.6 Å². The minimum atomic E-state index is -0.888. The maximum Gasteiger partial charge on any atom is 0.307 e. The molecule has 26 heavy (non-hydrogen) atoms. The number of hydrogen-bond acceptors (Lipinski definition) is 3. The number of imidazole rings is 1. The number of nitrogens with one attached hydrogen (secondary N) is 1. The molecule has 0 fully saturated rings. The Morgan fingerprint density at radius 2 is 1.96 bits per heavy atom. The molecule has 0 radical (unpaired) electrons. The van der Waals surface area contributed by atoms with Crippen LogP contribution in [0.15, 0.2) is 41.0 Å². The number of carbonyl (C=O) groups excluding carboxylic acids is 1. The zero-order valence-corrected chi connectivity index (χ0v) is 16.0. The van der Waals surface area contributed by atoms with Crippen LogP contribution in [0.2, 0.25) is 0 Å². The Kier molecular flexibility index (Phi) is 5.08. The van der Waals surface area contributed by atoms with Gasteiger partial charge in [0.2, 0.25) is 0 Å². The van der Waals surface area contributed by atoms with Crippen LogP contribution < -0.4 is 5.32 Å². The van der Waals surface area contributed by atoms with E-state index in [1.807, 2.05) is 26.1 Å². The lowest BCUT2D eigenvalue weighted by Gasteiger charge is -2.08. The van der Waals surface area contributed by atoms with Crippen LogP contribution in [0.25, 0.3) is 5.65 Å². The van der Waals surface area contributed by atoms with Crippen molar-refractivity contribution in [3.05, 3.63) is 63.5 Å². The third-order valence-corrected chi connectivity index (χ3v) is 4.49. The molecule has 0 aliphatic rings. The van der Waals surface area contributed by atoms with Gasteiger partial charge in [0.25, 0.3) is 5.91 Å². The molecule has 3 aromatic rings. The zero-order valence-electron chi connectivity index (χ0n) is 14.4. The SMILES string of the molecule is CCc1nc2c(C)cc(Br)cn2c1C(=O)Nc1ccc(CC(=O)O)cc1. The molecule has 2 aromatic heterocycles. The molecule has 7 heteroatoms. The predicted molar refractivity (Wildman–Crippen MR) is 103 cm³/mol. The first kappa shape index (κ1) is 18.1. The average Bonchev–Trinajstić information content (AvgIpc) is 2.95. The van der Waals surface area contributed by atoms with Crippen molar-refractivity contribution >= 4 is 39.1 Å². The first-order valence-electron chi connectivity index (χ1n) is 8.18. The highest BCUT2D eigenvalue weighted by atomic mass is 79.9. The number of carboxylic acid groups (broad SMARTS) is 1. The van der Waals surface area contributed by atoms with E-state index in [1.54, 1.807) is 28.7 Å². The van der Waals surface area contributed by atoms with Crippen molar-refractivity contribution in [2.45, 2.75) is 26.7 Å². The summed E-state index contributed by atoms with van der Waals surface area (Å²) in [6, 6.07) is 8.75. The Labute approximate surface area is 159 Å². The van der Waals surface area contributed by atoms with Gasteiger partial charge in [-0.3, -0.25) is 14.0 Å². The van der Waals surface area contributed by atoms with E-state index >= 15 is 0 Å². The van der Waals surface area contributed by atoms with Crippen LogP contribution in [0, 0.1) is 6.92 Å². The van der Waals surface area contributed by atoms with E-state index in [4.69, 9.17) is 5.11 Å². The number of carbonyl (C=O) groups is 2. The number of fused-ring (bicyclic) bond motifs is 1. The Bertz CT molecular complexity index is 993. The first-order valence-corrected chi connectivity index (χ1v) is 8.97. The summed E-state index contributed by atoms with van der Waals surface area (Å²) in [5.41, 5.74) is 4.25. The van der Waals surface area contributed by atoms with Crippen molar-refractivity contribution in [1.29, 1.82) is 0 Å². The fraction of sp³-hybridized carbons (Fsp3) is 0.211. The second-order valence-electron chi connectivity index (χ2n) is 6.02. The third kappa shape index (κ3) is 3.62. The van der Waals surface area contributed by atoms with E-state index in [9.17, 15) is 9.59 Å². The van der Waals surface area contributed by atoms with E-state index in [0.717, 1.165) is 21.4 Å². The van der Waals surface area contributed by atoms with Gasteiger partial charge >= 0.3 is 5.97 Å². The van der Waals surface area contributed by atoms with E-state index in [1.165, 1.54) is 0 Å². The van der Waals surface area contributed by atoms with Crippen molar-refractivity contribution in [3.8, 4) is 0 Å². The summed E-state index contributed by atoms with van der Waals surface area (Å²) in [6.07, 6.45) is 2.42. The summed E-state index contributed by atoms with van der Waals surface area (Å²) >= 11 is 3.46. The van der Waals surface area contributed by atoms with E-state index < -0.39 is 5.97 Å². The molecular formula is C19H18BrN3O3. The number of pyridine rings is 1. The summed E-state index contributed by atoms with van der Waals surface area (Å²) in [6.45, 7) is 3.92. The van der Waals surface area contributed by atoms with Crippen LogP contribution in [0.4, 0.5) is 5.69 Å². The van der Waals surface area contributed by atoms with Crippen LogP contribution in [0.1, 0.15) is 34.2 Å². The Morgan fingerprint density at radius 1 is 1.27 bits per heavy atom. The molecule has 2 heterocycles. The van der Waals surface area contributed by atoms with Crippen molar-refractivity contribution < 1.29 is 14.7 Å². The topological polar surface area (TPSA) is 83.7 Å². The van der Waals surface area contributed by atoms with Crippen molar-refractivity contribution in [2.24, 2.45) is 0 Å². The Balaban J connectivity index is 1.93. The van der Waals surface area contributed by atoms with Crippen LogP contribution in [-0.4, -0.2) is 26.4 Å². The van der Waals surface area contributed by atoms with E-state index in [0.29, 0.717) is 23.4 Å². The molecule has 0 bridgehead atoms. The van der Waals surface area contributed by atoms with E-state index in [2.05, 4.69) is 26.2 Å². The summed E-state index contributed by atoms with van der Waals surface area (Å²) in [4.78, 5) is 28.2. The molecule has 0 saturated heterocycles. The second kappa shape index (κ2) is 7.29. The molecule has 0 aliphatic heterocycles. The lowest BCUT2D eigenvalue weighted by Crippen LogP contribution is -2.16. The normalized spacial score (nSPS) is 10.9. The van der Waals surface area contributed by atoms with Gasteiger partial charge in [-0.15, -0.1) is 0 Å². The number of amides is 1. The number of hydrogen-bond donors (Lipinski definition) is 2. The fourth-order valence-electron chi connectivity index (χ4n) is 2.87. The van der Waals surface area contributed by atoms with Gasteiger partial charge in [-0.2, -0.15) is 0 Å². The second-order valence-corrected chi connectivity index (χ2v) is 6.93. The van der Waals surface area contributed by atoms with Gasteiger partial charge in [0.1, 0.15) is 11.3 Å². The largest absolute Gasteiger partial charge is 0.481 e. The smallest absolute Gasteiger partial charge is 0.307 e. The summed E-state index contributed by atoms with van der Waals surface area (Å²) < 4.78 is 2.67. The molecule has 2 N–H and O–H groups in total. The molecule has 0 spiro atoms. The third-order valence-electron chi connectivity index (χ3n) is 4.06. The van der Waals surface area contributed by atoms with Crippen LogP contribution in [0.3, 0.4) is 0 Å². The number of benzene rings is 1. The van der Waals surface area contributed by atoms with Gasteiger partial charge in [-0.1, -0.05) is 19.1 Å². The number of carboxylic acids is 1. The van der Waals surface area contributed by atoms with Gasteiger partial charge in [0, 0.05) is 16.4 Å². The summed E-state index contributed by atoms with van der Waals surface area (Å²) in [5, 5.41) is 11.7. The lowest BCUT2D eigenvalue weighted by atomic mass is 10.1. The van der Waals surface area contributed by atoms with Crippen molar-refractivity contribution in [3.63, 3.8) is 0 Å². The predicted octanol–water partition coefficient (Wildman–Crippen LogP) is 3.85. The number of aliphatic carboxylic acids is 1. The van der Waals surface area contributed by atoms with Crippen LogP contribution >= 0.6 is 15.9 Å². The standard InChI is InChI=1S/C19H18BrN3O3/c1-3-15-17(23-10-13(20)8-11(2)18(23)22-15)19(26)21-14-6-4-12(5-7-14)9-16(24)25/h4-8,10H,3,9H2,1-2H3,(H,21,26)(H,24,25). The average molecular weight is 416 g/mol. The van der Waals surface area contributed by atoms with Gasteiger partial charge < -0.3 is 10.4 Å². The van der Waals surface area contributed by atoms with Crippen LogP contribution in [-0.2, 0) is 17.6 Å². The zero-order chi connectivity index (χ0) is 18.8. The molecule has 1 aromatic carbocycles. The molecule has 0 atom stereocenters. The monoisotopic (exact) mass is 415 g/mol. The van der Waals surface area contributed by atoms with Gasteiger partial charge in [-0.25, -0.2) is 4.98 Å². The first-order chi connectivity index (χ1) is 12.4. The maximum atomic E-state index is 12.9. The summed E-state index contributed by atoms with van der Waals surface area (Å²) in [5.74, 6) is -1.14. The number of rotatable bonds is 5. The van der Waals surface area contributed by atoms with Gasteiger partial charge in [0.05, 0.1) is 12.1 Å². The van der Waals surface area contributed by atoms with Crippen LogP contribution in [0.5, 0.6) is 0 Å².